The van der Waals surface area contributed by atoms with Gasteiger partial charge in [-0.2, -0.15) is 0 Å². The van der Waals surface area contributed by atoms with Crippen LogP contribution in [0.4, 0.5) is 0 Å². The van der Waals surface area contributed by atoms with Gasteiger partial charge in [-0.1, -0.05) is 180 Å². The zero-order valence-electron chi connectivity index (χ0n) is 37.8. The molecule has 4 heteroatoms. The molecule has 0 saturated heterocycles. The van der Waals surface area contributed by atoms with E-state index in [9.17, 15) is 20.4 Å². The Hall–Kier alpha value is -5.48. The predicted molar refractivity (Wildman–Crippen MR) is 251 cm³/mol. The van der Waals surface area contributed by atoms with Crippen LogP contribution in [0.3, 0.4) is 0 Å². The van der Waals surface area contributed by atoms with Crippen LogP contribution in [0.25, 0.3) is 21.5 Å². The first kappa shape index (κ1) is 42.6. The molecule has 6 aromatic rings. The van der Waals surface area contributed by atoms with Gasteiger partial charge in [0.2, 0.25) is 0 Å². The molecule has 0 saturated carbocycles. The highest BCUT2D eigenvalue weighted by atomic mass is 16.3. The largest absolute Gasteiger partial charge is 0.508 e. The molecule has 1 atom stereocenters. The van der Waals surface area contributed by atoms with Crippen molar-refractivity contribution in [1.82, 2.24) is 0 Å². The standard InChI is InChI=1S/C56H64O4/c1-53(2,3)43-27-15-23-37(49(43)57)47(38-24-16-28-44(50(38)58)54(4,5)6)35-21-13-19-33-31-34-20-14-22-36(42(34)32-41(33)35)48(39-25-17-29-45(51(39)59)55(7,8)9)40-26-18-30-46(52(40)60)56(10,11)12/h13-17,19-29,31-32,47-48,57-60H,18,30H2,1-12H3. The molecule has 60 heavy (non-hydrogen) atoms. The van der Waals surface area contributed by atoms with Crippen molar-refractivity contribution in [2.75, 3.05) is 0 Å². The van der Waals surface area contributed by atoms with Gasteiger partial charge in [0, 0.05) is 34.1 Å². The molecular formula is C56H64O4. The molecule has 0 bridgehead atoms. The summed E-state index contributed by atoms with van der Waals surface area (Å²) < 4.78 is 0. The van der Waals surface area contributed by atoms with E-state index < -0.39 is 11.8 Å². The van der Waals surface area contributed by atoms with Gasteiger partial charge in [-0.05, 0) is 102 Å². The highest BCUT2D eigenvalue weighted by Gasteiger charge is 2.35. The SMILES string of the molecule is CC(C)(C)C1=C(O)C(C(c2cccc(C(C)(C)C)c2O)c2cccc3cc4cccc(C(c5cccc(C(C)(C)C)c5O)c5cccc(C(C)(C)C)c5O)c4cc23)=CCC1. The molecular weight excluding hydrogens is 737 g/mol. The molecule has 4 N–H and O–H groups in total. The van der Waals surface area contributed by atoms with E-state index in [1.807, 2.05) is 54.6 Å². The number of hydrogen-bond donors (Lipinski definition) is 4. The van der Waals surface area contributed by atoms with Crippen molar-refractivity contribution in [1.29, 1.82) is 0 Å². The van der Waals surface area contributed by atoms with Gasteiger partial charge in [-0.3, -0.25) is 0 Å². The Kier molecular flexibility index (Phi) is 10.8. The maximum Gasteiger partial charge on any atom is 0.123 e. The molecule has 0 aromatic heterocycles. The van der Waals surface area contributed by atoms with Crippen molar-refractivity contribution in [3.8, 4) is 17.2 Å². The molecule has 0 heterocycles. The third kappa shape index (κ3) is 7.70. The number of rotatable bonds is 6. The molecule has 1 aliphatic rings. The topological polar surface area (TPSA) is 80.9 Å². The van der Waals surface area contributed by atoms with Gasteiger partial charge >= 0.3 is 0 Å². The molecule has 0 amide bonds. The maximum absolute atomic E-state index is 12.3. The summed E-state index contributed by atoms with van der Waals surface area (Å²) >= 11 is 0. The summed E-state index contributed by atoms with van der Waals surface area (Å²) in [4.78, 5) is 0. The van der Waals surface area contributed by atoms with Crippen LogP contribution >= 0.6 is 0 Å². The Morgan fingerprint density at radius 3 is 1.18 bits per heavy atom. The van der Waals surface area contributed by atoms with Gasteiger partial charge in [0.15, 0.2) is 0 Å². The molecule has 0 fully saturated rings. The fourth-order valence-electron chi connectivity index (χ4n) is 9.55. The van der Waals surface area contributed by atoms with E-state index in [2.05, 4.69) is 138 Å². The van der Waals surface area contributed by atoms with Crippen molar-refractivity contribution in [3.63, 3.8) is 0 Å². The second kappa shape index (κ2) is 15.2. The van der Waals surface area contributed by atoms with E-state index in [1.165, 1.54) is 0 Å². The molecule has 7 rings (SSSR count). The maximum atomic E-state index is 12.3. The summed E-state index contributed by atoms with van der Waals surface area (Å²) in [5, 5.41) is 53.1. The van der Waals surface area contributed by atoms with Crippen LogP contribution in [0.1, 0.15) is 152 Å². The Morgan fingerprint density at radius 1 is 0.417 bits per heavy atom. The van der Waals surface area contributed by atoms with E-state index in [4.69, 9.17) is 0 Å². The van der Waals surface area contributed by atoms with E-state index in [0.717, 1.165) is 90.0 Å². The van der Waals surface area contributed by atoms with Crippen LogP contribution < -0.4 is 0 Å². The van der Waals surface area contributed by atoms with Crippen LogP contribution in [-0.2, 0) is 16.2 Å². The number of aromatic hydroxyl groups is 3. The lowest BCUT2D eigenvalue weighted by Gasteiger charge is -2.33. The van der Waals surface area contributed by atoms with E-state index >= 15 is 0 Å². The predicted octanol–water partition coefficient (Wildman–Crippen LogP) is 14.9. The highest BCUT2D eigenvalue weighted by Crippen LogP contribution is 2.51. The molecule has 312 valence electrons. The second-order valence-corrected chi connectivity index (χ2v) is 21.1. The van der Waals surface area contributed by atoms with Crippen molar-refractivity contribution < 1.29 is 20.4 Å². The summed E-state index contributed by atoms with van der Waals surface area (Å²) in [5.41, 5.74) is 7.28. The minimum absolute atomic E-state index is 0.226. The third-order valence-electron chi connectivity index (χ3n) is 12.7. The van der Waals surface area contributed by atoms with Crippen LogP contribution in [0.15, 0.2) is 126 Å². The quantitative estimate of drug-likeness (QED) is 0.0999. The monoisotopic (exact) mass is 800 g/mol. The second-order valence-electron chi connectivity index (χ2n) is 21.1. The Morgan fingerprint density at radius 2 is 0.783 bits per heavy atom. The van der Waals surface area contributed by atoms with Crippen molar-refractivity contribution in [3.05, 3.63) is 171 Å². The Balaban J connectivity index is 1.58. The van der Waals surface area contributed by atoms with E-state index in [1.54, 1.807) is 0 Å². The van der Waals surface area contributed by atoms with Gasteiger partial charge in [0.1, 0.15) is 23.0 Å². The average molecular weight is 801 g/mol. The smallest absolute Gasteiger partial charge is 0.123 e. The fraction of sp³-hybridized carbons (Fsp3) is 0.357. The number of phenolic OH excluding ortho intramolecular Hbond substituents is 3. The number of para-hydroxylation sites is 3. The molecule has 1 unspecified atom stereocenters. The summed E-state index contributed by atoms with van der Waals surface area (Å²) in [6.07, 6.45) is 3.72. The van der Waals surface area contributed by atoms with E-state index in [-0.39, 0.29) is 38.9 Å². The lowest BCUT2D eigenvalue weighted by atomic mass is 9.72. The first-order valence-corrected chi connectivity index (χ1v) is 21.6. The van der Waals surface area contributed by atoms with E-state index in [0.29, 0.717) is 5.76 Å². The van der Waals surface area contributed by atoms with Crippen molar-refractivity contribution in [2.24, 2.45) is 5.41 Å². The Bertz CT molecular complexity index is 2620. The van der Waals surface area contributed by atoms with Crippen molar-refractivity contribution >= 4 is 21.5 Å². The summed E-state index contributed by atoms with van der Waals surface area (Å²) in [5.74, 6) is 0.00593. The third-order valence-corrected chi connectivity index (χ3v) is 12.7. The van der Waals surface area contributed by atoms with Crippen LogP contribution in [0.5, 0.6) is 17.2 Å². The van der Waals surface area contributed by atoms with Gasteiger partial charge in [0.05, 0.1) is 0 Å². The number of aliphatic hydroxyl groups is 1. The summed E-state index contributed by atoms with van der Waals surface area (Å²) in [6, 6.07) is 35.2. The van der Waals surface area contributed by atoms with Gasteiger partial charge in [-0.25, -0.2) is 0 Å². The minimum Gasteiger partial charge on any atom is -0.508 e. The minimum atomic E-state index is -0.520. The summed E-state index contributed by atoms with van der Waals surface area (Å²) in [6.45, 7) is 25.4. The number of allylic oxidation sites excluding steroid dienone is 3. The van der Waals surface area contributed by atoms with Crippen molar-refractivity contribution in [2.45, 2.75) is 124 Å². The number of benzene rings is 6. The molecule has 0 spiro atoms. The summed E-state index contributed by atoms with van der Waals surface area (Å²) in [7, 11) is 0. The molecule has 0 aliphatic heterocycles. The number of phenols is 3. The number of aliphatic hydroxyl groups excluding tert-OH is 1. The molecule has 6 aromatic carbocycles. The Labute approximate surface area is 358 Å². The normalized spacial score (nSPS) is 14.9. The van der Waals surface area contributed by atoms with Crippen LogP contribution in [0, 0.1) is 5.41 Å². The molecule has 4 nitrogen and oxygen atoms in total. The lowest BCUT2D eigenvalue weighted by Crippen LogP contribution is -2.19. The lowest BCUT2D eigenvalue weighted by molar-refractivity contribution is 0.364. The average Bonchev–Trinajstić information content (AvgIpc) is 3.15. The highest BCUT2D eigenvalue weighted by molar-refractivity contribution is 6.02. The van der Waals surface area contributed by atoms with Gasteiger partial charge in [-0.15, -0.1) is 0 Å². The number of fused-ring (bicyclic) bond motifs is 2. The fourth-order valence-corrected chi connectivity index (χ4v) is 9.55. The zero-order chi connectivity index (χ0) is 43.7. The first-order chi connectivity index (χ1) is 28.0. The number of hydrogen-bond acceptors (Lipinski definition) is 4. The van der Waals surface area contributed by atoms with Crippen LogP contribution in [0.2, 0.25) is 0 Å². The first-order valence-electron chi connectivity index (χ1n) is 21.6. The molecule has 1 aliphatic carbocycles. The molecule has 0 radical (unpaired) electrons. The van der Waals surface area contributed by atoms with Crippen LogP contribution in [-0.4, -0.2) is 20.4 Å². The zero-order valence-corrected chi connectivity index (χ0v) is 37.8. The van der Waals surface area contributed by atoms with Gasteiger partial charge < -0.3 is 20.4 Å². The van der Waals surface area contributed by atoms with Gasteiger partial charge in [0.25, 0.3) is 0 Å².